The molecular formula is C71H89N15O10S. The molecule has 13 rings (SSSR count). The molecule has 4 saturated carbocycles. The van der Waals surface area contributed by atoms with Crippen molar-refractivity contribution in [3.63, 3.8) is 0 Å². The number of carbonyl (C=O) groups is 7. The van der Waals surface area contributed by atoms with Crippen molar-refractivity contribution in [1.82, 2.24) is 50.8 Å². The first-order valence-corrected chi connectivity index (χ1v) is 34.9. The highest BCUT2D eigenvalue weighted by atomic mass is 32.1. The Morgan fingerprint density at radius 1 is 0.825 bits per heavy atom. The van der Waals surface area contributed by atoms with E-state index in [0.29, 0.717) is 60.4 Å². The third kappa shape index (κ3) is 15.2. The van der Waals surface area contributed by atoms with Crippen LogP contribution in [0.4, 0.5) is 33.1 Å². The summed E-state index contributed by atoms with van der Waals surface area (Å²) in [5.41, 5.74) is 11.5. The van der Waals surface area contributed by atoms with Crippen LogP contribution in [0.25, 0.3) is 21.3 Å². The summed E-state index contributed by atoms with van der Waals surface area (Å²) < 4.78 is 16.9. The van der Waals surface area contributed by atoms with E-state index in [9.17, 15) is 38.7 Å². The van der Waals surface area contributed by atoms with Gasteiger partial charge in [-0.25, -0.2) is 14.8 Å². The van der Waals surface area contributed by atoms with Crippen LogP contribution in [-0.4, -0.2) is 158 Å². The smallest absolute Gasteiger partial charge is 0.312 e. The molecule has 7 N–H and O–H groups in total. The number of rotatable bonds is 29. The number of imide groups is 1. The molecule has 0 radical (unpaired) electrons. The number of quaternary nitrogens is 1. The number of primary amides is 1. The normalized spacial score (nSPS) is 22.8. The van der Waals surface area contributed by atoms with Crippen LogP contribution in [0.5, 0.6) is 0 Å². The van der Waals surface area contributed by atoms with Crippen LogP contribution in [0.15, 0.2) is 79.0 Å². The Labute approximate surface area is 568 Å². The number of anilines is 5. The predicted molar refractivity (Wildman–Crippen MR) is 364 cm³/mol. The molecule has 26 heteroatoms. The van der Waals surface area contributed by atoms with Crippen molar-refractivity contribution >= 4 is 91.4 Å². The molecule has 25 nitrogen and oxygen atoms in total. The number of likely N-dealkylation sites (tertiary alicyclic amines) is 1. The van der Waals surface area contributed by atoms with E-state index in [4.69, 9.17) is 30.3 Å². The van der Waals surface area contributed by atoms with Crippen LogP contribution in [-0.2, 0) is 53.0 Å². The van der Waals surface area contributed by atoms with Crippen molar-refractivity contribution in [2.45, 2.75) is 156 Å². The number of amides is 7. The summed E-state index contributed by atoms with van der Waals surface area (Å²) in [6, 6.07) is 16.8. The van der Waals surface area contributed by atoms with Gasteiger partial charge in [-0.3, -0.25) is 33.6 Å². The number of aromatic carboxylic acids is 1. The number of para-hydroxylation sites is 1. The van der Waals surface area contributed by atoms with Crippen LogP contribution in [0.1, 0.15) is 138 Å². The van der Waals surface area contributed by atoms with E-state index in [1.807, 2.05) is 79.4 Å². The largest absolute Gasteiger partial charge is 0.543 e. The van der Waals surface area contributed by atoms with Crippen molar-refractivity contribution in [3.8, 4) is 11.1 Å². The number of ether oxygens (including phenoxy) is 2. The first-order chi connectivity index (χ1) is 46.4. The maximum Gasteiger partial charge on any atom is 0.312 e. The molecule has 514 valence electrons. The summed E-state index contributed by atoms with van der Waals surface area (Å²) in [7, 11) is 0. The van der Waals surface area contributed by atoms with Crippen molar-refractivity contribution in [1.29, 1.82) is 0 Å². The number of benzene rings is 2. The van der Waals surface area contributed by atoms with Crippen LogP contribution in [0.2, 0.25) is 0 Å². The number of thiazole rings is 1. The minimum Gasteiger partial charge on any atom is -0.543 e. The van der Waals surface area contributed by atoms with E-state index in [0.717, 1.165) is 138 Å². The second kappa shape index (κ2) is 28.0. The molecule has 2 aromatic carbocycles. The number of nitrogens with one attached hydrogen (secondary N) is 5. The average Bonchev–Trinajstić information content (AvgIpc) is 0.898. The summed E-state index contributed by atoms with van der Waals surface area (Å²) in [5.74, 6) is -2.30. The Bertz CT molecular complexity index is 3960. The van der Waals surface area contributed by atoms with Gasteiger partial charge in [0.15, 0.2) is 16.8 Å². The third-order valence-electron chi connectivity index (χ3n) is 20.7. The number of nitrogens with two attached hydrogens (primary N) is 1. The quantitative estimate of drug-likeness (QED) is 0.0151. The number of carbonyl (C=O) groups excluding carboxylic acids is 7. The fourth-order valence-corrected chi connectivity index (χ4v) is 18.3. The molecule has 4 aliphatic carbocycles. The number of urea groups is 1. The topological polar surface area (TPSA) is 323 Å². The van der Waals surface area contributed by atoms with Gasteiger partial charge >= 0.3 is 6.03 Å². The lowest BCUT2D eigenvalue weighted by atomic mass is 9.39. The molecule has 7 amide bonds. The Hall–Kier alpha value is -8.72. The number of fused-ring (bicyclic) bond motifs is 2. The Morgan fingerprint density at radius 2 is 1.57 bits per heavy atom. The average molecular weight is 1340 g/mol. The molecule has 7 aliphatic rings. The first kappa shape index (κ1) is 68.2. The summed E-state index contributed by atoms with van der Waals surface area (Å²) in [6.45, 7) is 18.4. The van der Waals surface area contributed by atoms with Gasteiger partial charge in [0.25, 0.3) is 11.8 Å². The fourth-order valence-electron chi connectivity index (χ4n) is 17.4. The van der Waals surface area contributed by atoms with E-state index in [1.165, 1.54) is 12.2 Å². The Morgan fingerprint density at radius 3 is 2.28 bits per heavy atom. The van der Waals surface area contributed by atoms with Gasteiger partial charge in [0.2, 0.25) is 17.7 Å². The van der Waals surface area contributed by atoms with Crippen molar-refractivity contribution < 1.29 is 52.6 Å². The van der Waals surface area contributed by atoms with E-state index in [-0.39, 0.29) is 72.6 Å². The van der Waals surface area contributed by atoms with E-state index in [1.54, 1.807) is 31.4 Å². The molecule has 4 atom stereocenters. The van der Waals surface area contributed by atoms with Crippen LogP contribution >= 0.6 is 11.3 Å². The lowest BCUT2D eigenvalue weighted by Gasteiger charge is -2.69. The molecule has 7 heterocycles. The summed E-state index contributed by atoms with van der Waals surface area (Å²) in [5, 5.41) is 42.7. The van der Waals surface area contributed by atoms with E-state index >= 15 is 0 Å². The Balaban J connectivity index is 0.670. The standard InChI is InChI=1S/C71H89N15O10S/c1-44(2)59(79-56(87)25-32-95-33-28-84-57(88)23-24-58(84)89)64(91)76-53(15-11-26-73-66(72)94)63(90)75-48-19-17-47(18-20-48)36-86(29-9-10-30-86)31-34-96-71-40-68(5)37-69(6,41-71)39-70(38-68,42-71)43-85-46(4)51(35-74-85)50-21-22-55(78-60(50)65(92)93)83-27-12-13-49-45(3)61(81-82-62(49)83)80-67-77-52-14-7-8-16-54(52)97-67/h7-8,14,16-24,35,44,53,59H,9-13,15,25-34,36-43H2,1-6H3,(H7-,72,73,75,76,77,79,80,81,87,90,91,92,93,94)/t53-,59-,68?,69?,70?,71?/m0/s1. The molecule has 0 spiro atoms. The van der Waals surface area contributed by atoms with Crippen molar-refractivity contribution in [2.75, 3.05) is 74.6 Å². The second-order valence-electron chi connectivity index (χ2n) is 29.1. The molecule has 6 aromatic rings. The Kier molecular flexibility index (Phi) is 19.7. The lowest BCUT2D eigenvalue weighted by molar-refractivity contribution is -0.930. The molecule has 4 aromatic heterocycles. The second-order valence-corrected chi connectivity index (χ2v) is 30.1. The SMILES string of the molecule is Cc1c(Nc2nc3ccccc3s2)nnc2c1CCCN2c1ccc(-c2cnn(CC34CC5(C)CC(C)(C3)CC(OCC[N+]3(Cc6ccc(NC(=O)[C@H](CCCNC(N)=O)NC(=O)[C@@H](NC(=O)CCOCCN7C(=O)C=CC7=O)C(C)C)cc6)CCCC3)(C5)C4)c2C)c(C(=O)[O-])n1. The number of hydrogen-bond acceptors (Lipinski definition) is 18. The molecule has 3 aliphatic heterocycles. The number of nitrogens with zero attached hydrogens (tertiary/aromatic N) is 9. The number of carboxylic acid groups (broad SMARTS) is 1. The molecule has 4 bridgehead atoms. The molecular weight excluding hydrogens is 1250 g/mol. The van der Waals surface area contributed by atoms with Gasteiger partial charge in [-0.2, -0.15) is 5.10 Å². The fraction of sp³-hybridized carbons (Fsp3) is 0.521. The maximum atomic E-state index is 14.0. The van der Waals surface area contributed by atoms with Gasteiger partial charge in [0.05, 0.1) is 73.1 Å². The van der Waals surface area contributed by atoms with Crippen LogP contribution in [0.3, 0.4) is 0 Å². The summed E-state index contributed by atoms with van der Waals surface area (Å²) >= 11 is 1.55. The van der Waals surface area contributed by atoms with E-state index < -0.39 is 53.6 Å². The lowest BCUT2D eigenvalue weighted by Crippen LogP contribution is -2.64. The van der Waals surface area contributed by atoms with Crippen LogP contribution in [0, 0.1) is 36.0 Å². The highest BCUT2D eigenvalue weighted by molar-refractivity contribution is 7.22. The number of aromatic nitrogens is 6. The zero-order valence-corrected chi connectivity index (χ0v) is 57.1. The summed E-state index contributed by atoms with van der Waals surface area (Å²) in [6.07, 6.45) is 14.6. The van der Waals surface area contributed by atoms with Gasteiger partial charge < -0.3 is 61.1 Å². The minimum atomic E-state index is -1.37. The first-order valence-electron chi connectivity index (χ1n) is 34.1. The monoisotopic (exact) mass is 1340 g/mol. The summed E-state index contributed by atoms with van der Waals surface area (Å²) in [4.78, 5) is 102. The maximum absolute atomic E-state index is 14.0. The van der Waals surface area contributed by atoms with Gasteiger partial charge in [-0.05, 0) is 137 Å². The highest BCUT2D eigenvalue weighted by Gasteiger charge is 2.66. The molecule has 2 unspecified atom stereocenters. The zero-order chi connectivity index (χ0) is 68.4. The molecule has 5 fully saturated rings. The zero-order valence-electron chi connectivity index (χ0n) is 56.3. The van der Waals surface area contributed by atoms with Gasteiger partial charge in [-0.15, -0.1) is 10.2 Å². The van der Waals surface area contributed by atoms with Gasteiger partial charge in [0, 0.05) is 90.2 Å². The minimum absolute atomic E-state index is 0.00799. The van der Waals surface area contributed by atoms with Crippen molar-refractivity contribution in [2.24, 2.45) is 27.9 Å². The van der Waals surface area contributed by atoms with E-state index in [2.05, 4.69) is 55.3 Å². The molecule has 97 heavy (non-hydrogen) atoms. The van der Waals surface area contributed by atoms with Gasteiger partial charge in [-0.1, -0.05) is 63.3 Å². The number of hydrogen-bond donors (Lipinski definition) is 6. The van der Waals surface area contributed by atoms with Crippen molar-refractivity contribution in [3.05, 3.63) is 107 Å². The number of pyridine rings is 1. The van der Waals surface area contributed by atoms with Gasteiger partial charge in [0.1, 0.15) is 31.0 Å². The predicted octanol–water partition coefficient (Wildman–Crippen LogP) is 7.44. The molecule has 1 saturated heterocycles. The third-order valence-corrected chi connectivity index (χ3v) is 21.7. The number of carboxylic acids is 1. The van der Waals surface area contributed by atoms with Crippen LogP contribution < -0.4 is 42.3 Å². The highest BCUT2D eigenvalue weighted by Crippen LogP contribution is 2.72.